The highest BCUT2D eigenvalue weighted by atomic mass is 16.3. The van der Waals surface area contributed by atoms with Gasteiger partial charge in [0.05, 0.1) is 21.3 Å². The third-order valence-electron chi connectivity index (χ3n) is 0.691. The molecule has 0 aromatic carbocycles. The first-order valence-corrected chi connectivity index (χ1v) is 1.92. The Hall–Kier alpha value is -0.830. The van der Waals surface area contributed by atoms with Gasteiger partial charge < -0.3 is 10.1 Å². The van der Waals surface area contributed by atoms with Crippen molar-refractivity contribution < 1.29 is 13.3 Å². The molecular weight excluding hydrogens is 104 g/mol. The van der Waals surface area contributed by atoms with Gasteiger partial charge in [-0.2, -0.15) is 0 Å². The largest absolute Gasteiger partial charge is 0.390 e. The minimum atomic E-state index is -2.86. The number of aliphatic hydroxyl groups is 1. The van der Waals surface area contributed by atoms with Gasteiger partial charge in [0.15, 0.2) is 0 Å². The van der Waals surface area contributed by atoms with E-state index in [1.165, 1.54) is 0 Å². The van der Waals surface area contributed by atoms with E-state index < -0.39 is 31.1 Å². The van der Waals surface area contributed by atoms with Crippen molar-refractivity contribution in [2.75, 3.05) is 0 Å². The number of hydrogen-bond donors (Lipinski definition) is 2. The molecule has 1 aromatic rings. The van der Waals surface area contributed by atoms with Crippen LogP contribution >= 0.6 is 0 Å². The van der Waals surface area contributed by atoms with Crippen LogP contribution in [0.5, 0.6) is 0 Å². The second kappa shape index (κ2) is 1.96. The van der Waals surface area contributed by atoms with Crippen LogP contribution in [0.2, 0.25) is 0 Å². The molecule has 0 unspecified atom stereocenters. The molecule has 0 bridgehead atoms. The van der Waals surface area contributed by atoms with Gasteiger partial charge in [0.25, 0.3) is 0 Å². The van der Waals surface area contributed by atoms with Crippen LogP contribution in [0, 0.1) is 6.85 Å². The molecule has 44 valence electrons. The van der Waals surface area contributed by atoms with Crippen LogP contribution in [0.15, 0.2) is 6.30 Å². The van der Waals surface area contributed by atoms with E-state index in [9.17, 15) is 0 Å². The Morgan fingerprint density at radius 2 is 3.25 bits per heavy atom. The summed E-state index contributed by atoms with van der Waals surface area (Å²) in [5.74, 6) is 0. The zero-order chi connectivity index (χ0) is 11.1. The zero-order valence-electron chi connectivity index (χ0n) is 9.89. The van der Waals surface area contributed by atoms with Crippen LogP contribution in [0.25, 0.3) is 0 Å². The number of nitrogens with zero attached hydrogens (tertiary/aromatic N) is 1. The topological polar surface area (TPSA) is 48.9 Å². The van der Waals surface area contributed by atoms with Crippen molar-refractivity contribution in [3.8, 4) is 0 Å². The maximum atomic E-state index is 8.96. The van der Waals surface area contributed by atoms with Crippen molar-refractivity contribution >= 4 is 0 Å². The van der Waals surface area contributed by atoms with E-state index in [1.54, 1.807) is 0 Å². The van der Waals surface area contributed by atoms with Crippen LogP contribution in [0.4, 0.5) is 0 Å². The van der Waals surface area contributed by atoms with E-state index in [1.807, 2.05) is 0 Å². The molecule has 0 fully saturated rings. The summed E-state index contributed by atoms with van der Waals surface area (Å²) in [7, 11) is 0. The van der Waals surface area contributed by atoms with Crippen molar-refractivity contribution in [3.63, 3.8) is 0 Å². The van der Waals surface area contributed by atoms with Crippen LogP contribution in [-0.2, 0) is 6.56 Å². The minimum absolute atomic E-state index is 0.496. The molecule has 1 heterocycles. The van der Waals surface area contributed by atoms with Gasteiger partial charge in [-0.3, -0.25) is 0 Å². The lowest BCUT2D eigenvalue weighted by Crippen LogP contribution is -1.84. The Labute approximate surface area is 55.8 Å². The highest BCUT2D eigenvalue weighted by molar-refractivity contribution is 5.06. The maximum Gasteiger partial charge on any atom is 0.104 e. The molecular formula is C5H8N2O. The summed E-state index contributed by atoms with van der Waals surface area (Å²) >= 11 is 0. The lowest BCUT2D eigenvalue weighted by molar-refractivity contribution is 0.276. The normalized spacial score (nSPS) is 24.1. The van der Waals surface area contributed by atoms with Crippen molar-refractivity contribution in [2.24, 2.45) is 0 Å². The molecule has 0 saturated carbocycles. The Bertz CT molecular complexity index is 305. The summed E-state index contributed by atoms with van der Waals surface area (Å²) in [6.07, 6.45) is -0.496. The van der Waals surface area contributed by atoms with E-state index in [4.69, 9.17) is 13.3 Å². The molecule has 3 nitrogen and oxygen atoms in total. The zero-order valence-corrected chi connectivity index (χ0v) is 3.89. The van der Waals surface area contributed by atoms with Crippen LogP contribution in [-0.4, -0.2) is 15.1 Å². The molecule has 0 aliphatic carbocycles. The summed E-state index contributed by atoms with van der Waals surface area (Å²) in [5, 5.41) is 8.96. The van der Waals surface area contributed by atoms with Crippen molar-refractivity contribution in [1.29, 1.82) is 0 Å². The number of hydrogen-bond acceptors (Lipinski definition) is 2. The SMILES string of the molecule is [2H]c1nc(C([2H])([2H])O)c(C([2H])([2H])[2H])[nH]1. The molecule has 1 rings (SSSR count). The molecule has 8 heavy (non-hydrogen) atoms. The number of nitrogens with one attached hydrogen (secondary N) is 1. The lowest BCUT2D eigenvalue weighted by Gasteiger charge is -1.85. The summed E-state index contributed by atoms with van der Waals surface area (Å²) in [4.78, 5) is 5.36. The average Bonchev–Trinajstić information content (AvgIpc) is 2.27. The summed E-state index contributed by atoms with van der Waals surface area (Å²) in [5.41, 5.74) is -1.21. The number of rotatable bonds is 1. The number of H-pyrrole nitrogens is 1. The van der Waals surface area contributed by atoms with Crippen LogP contribution < -0.4 is 0 Å². The van der Waals surface area contributed by atoms with E-state index in [-0.39, 0.29) is 0 Å². The lowest BCUT2D eigenvalue weighted by atomic mass is 10.4. The molecule has 0 amide bonds. The minimum Gasteiger partial charge on any atom is -0.390 e. The Balaban J connectivity index is 3.31. The van der Waals surface area contributed by atoms with Crippen molar-refractivity contribution in [3.05, 3.63) is 17.7 Å². The summed E-state index contributed by atoms with van der Waals surface area (Å²) < 4.78 is 41.9. The van der Waals surface area contributed by atoms with Crippen LogP contribution in [0.1, 0.15) is 19.6 Å². The molecule has 0 spiro atoms. The Kier molecular flexibility index (Phi) is 0.386. The Morgan fingerprint density at radius 3 is 3.75 bits per heavy atom. The van der Waals surface area contributed by atoms with Crippen molar-refractivity contribution in [2.45, 2.75) is 13.4 Å². The first kappa shape index (κ1) is 1.57. The van der Waals surface area contributed by atoms with E-state index in [2.05, 4.69) is 9.97 Å². The maximum absolute atomic E-state index is 8.96. The third kappa shape index (κ3) is 0.721. The van der Waals surface area contributed by atoms with Gasteiger partial charge in [-0.05, 0) is 6.85 Å². The fourth-order valence-electron chi connectivity index (χ4n) is 0.336. The second-order valence-electron chi connectivity index (χ2n) is 1.18. The van der Waals surface area contributed by atoms with Gasteiger partial charge in [-0.25, -0.2) is 4.98 Å². The number of imidazole rings is 1. The number of aromatic amines is 1. The third-order valence-corrected chi connectivity index (χ3v) is 0.691. The molecule has 1 aromatic heterocycles. The quantitative estimate of drug-likeness (QED) is 0.553. The first-order chi connectivity index (χ1) is 6.12. The van der Waals surface area contributed by atoms with Gasteiger partial charge in [0.2, 0.25) is 0 Å². The highest BCUT2D eigenvalue weighted by Crippen LogP contribution is 1.97. The van der Waals surface area contributed by atoms with Gasteiger partial charge in [0.1, 0.15) is 1.37 Å². The monoisotopic (exact) mass is 118 g/mol. The predicted molar refractivity (Wildman–Crippen MR) is 29.2 cm³/mol. The molecule has 0 aliphatic heterocycles. The molecule has 0 radical (unpaired) electrons. The highest BCUT2D eigenvalue weighted by Gasteiger charge is 1.94. The fraction of sp³-hybridized carbons (Fsp3) is 0.400. The van der Waals surface area contributed by atoms with Gasteiger partial charge >= 0.3 is 0 Å². The molecule has 0 aliphatic rings. The summed E-state index contributed by atoms with van der Waals surface area (Å²) in [6, 6.07) is 0. The molecule has 2 N–H and O–H groups in total. The Morgan fingerprint density at radius 1 is 2.38 bits per heavy atom. The molecule has 3 heteroatoms. The van der Waals surface area contributed by atoms with Gasteiger partial charge in [0, 0.05) is 9.81 Å². The van der Waals surface area contributed by atoms with E-state index >= 15 is 0 Å². The smallest absolute Gasteiger partial charge is 0.104 e. The average molecular weight is 118 g/mol. The summed E-state index contributed by atoms with van der Waals surface area (Å²) in [6.45, 7) is -5.49. The fourth-order valence-corrected chi connectivity index (χ4v) is 0.336. The van der Waals surface area contributed by atoms with Crippen molar-refractivity contribution in [1.82, 2.24) is 9.97 Å². The standard InChI is InChI=1S/C5H8N2O/c1-4-5(2-8)7-3-6-4/h3,8H,2H2,1H3,(H,6,7)/i1D3,2D2,3D. The molecule has 0 saturated heterocycles. The van der Waals surface area contributed by atoms with Crippen LogP contribution in [0.3, 0.4) is 0 Å². The second-order valence-corrected chi connectivity index (χ2v) is 1.18. The number of aryl methyl sites for hydroxylation is 1. The van der Waals surface area contributed by atoms with E-state index in [0.29, 0.717) is 0 Å². The number of aromatic nitrogens is 2. The first-order valence-electron chi connectivity index (χ1n) is 4.92. The predicted octanol–water partition coefficient (Wildman–Crippen LogP) is 0.210. The van der Waals surface area contributed by atoms with E-state index in [0.717, 1.165) is 0 Å². The van der Waals surface area contributed by atoms with Gasteiger partial charge in [-0.15, -0.1) is 0 Å². The van der Waals surface area contributed by atoms with Gasteiger partial charge in [-0.1, -0.05) is 0 Å². The molecule has 0 atom stereocenters.